The van der Waals surface area contributed by atoms with E-state index in [-0.39, 0.29) is 5.91 Å². The topological polar surface area (TPSA) is 66.9 Å². The molecule has 1 atom stereocenters. The van der Waals surface area contributed by atoms with Gasteiger partial charge in [-0.3, -0.25) is 4.79 Å². The van der Waals surface area contributed by atoms with Gasteiger partial charge in [0.2, 0.25) is 15.9 Å². The van der Waals surface area contributed by atoms with Crippen molar-refractivity contribution >= 4 is 32.6 Å². The van der Waals surface area contributed by atoms with Gasteiger partial charge in [0.05, 0.1) is 6.26 Å². The van der Waals surface area contributed by atoms with Crippen molar-refractivity contribution in [1.82, 2.24) is 9.21 Å². The van der Waals surface area contributed by atoms with Crippen molar-refractivity contribution in [3.63, 3.8) is 0 Å². The highest BCUT2D eigenvalue weighted by atomic mass is 32.2. The van der Waals surface area contributed by atoms with Crippen molar-refractivity contribution in [2.45, 2.75) is 45.1 Å². The first-order chi connectivity index (χ1) is 9.41. The summed E-state index contributed by atoms with van der Waals surface area (Å²) in [6, 6.07) is -0.507. The average Bonchev–Trinajstić information content (AvgIpc) is 2.71. The summed E-state index contributed by atoms with van der Waals surface area (Å²) in [6.45, 7) is 8.98. The van der Waals surface area contributed by atoms with E-state index in [1.807, 2.05) is 4.90 Å². The van der Waals surface area contributed by atoms with Gasteiger partial charge in [-0.15, -0.1) is 0 Å². The Morgan fingerprint density at radius 1 is 1.14 bits per heavy atom. The van der Waals surface area contributed by atoms with Gasteiger partial charge in [-0.05, 0) is 39.0 Å². The van der Waals surface area contributed by atoms with E-state index in [1.54, 1.807) is 0 Å². The van der Waals surface area contributed by atoms with Crippen molar-refractivity contribution in [3.05, 3.63) is 0 Å². The molecule has 2 rings (SSSR count). The molecule has 0 N–H and O–H groups in total. The Bertz CT molecular complexity index is 519. The van der Waals surface area contributed by atoms with Crippen LogP contribution >= 0.6 is 0 Å². The van der Waals surface area contributed by atoms with Crippen LogP contribution in [0.2, 0.25) is 26.2 Å². The van der Waals surface area contributed by atoms with Crippen molar-refractivity contribution in [1.29, 1.82) is 0 Å². The van der Waals surface area contributed by atoms with Crippen LogP contribution in [0.5, 0.6) is 0 Å². The minimum absolute atomic E-state index is 0.0256. The van der Waals surface area contributed by atoms with Gasteiger partial charge in [0.15, 0.2) is 16.6 Å². The van der Waals surface area contributed by atoms with Crippen molar-refractivity contribution in [2.75, 3.05) is 25.1 Å². The molecule has 9 heteroatoms. The van der Waals surface area contributed by atoms with Crippen LogP contribution in [0.15, 0.2) is 0 Å². The zero-order chi connectivity index (χ0) is 16.1. The van der Waals surface area contributed by atoms with E-state index >= 15 is 0 Å². The molecule has 2 saturated heterocycles. The van der Waals surface area contributed by atoms with Crippen LogP contribution in [0.4, 0.5) is 0 Å². The van der Waals surface area contributed by atoms with Crippen LogP contribution in [0.25, 0.3) is 0 Å². The van der Waals surface area contributed by atoms with Crippen LogP contribution in [0.3, 0.4) is 0 Å². The number of nitrogens with zero attached hydrogens (tertiary/aromatic N) is 2. The van der Waals surface area contributed by atoms with Crippen molar-refractivity contribution in [2.24, 2.45) is 0 Å². The first-order valence-electron chi connectivity index (χ1n) is 7.37. The van der Waals surface area contributed by atoms with Gasteiger partial charge < -0.3 is 9.02 Å². The molecule has 0 aromatic carbocycles. The van der Waals surface area contributed by atoms with Gasteiger partial charge in [0.25, 0.3) is 0 Å². The Morgan fingerprint density at radius 3 is 2.14 bits per heavy atom. The lowest BCUT2D eigenvalue weighted by atomic mass is 10.2. The monoisotopic (exact) mass is 350 g/mol. The number of amides is 1. The standard InChI is InChI=1S/C12H26N2O4SSi2/c1-19(16,17)14-8-6-7-11(14)12(15)13-9-20(2,3)18-21(4,5)10-13/h11H,6-10H2,1-5H3/t11-/m0/s1. The van der Waals surface area contributed by atoms with Gasteiger partial charge in [-0.1, -0.05) is 0 Å². The smallest absolute Gasteiger partial charge is 0.240 e. The molecular formula is C12H26N2O4SSi2. The Morgan fingerprint density at radius 2 is 1.67 bits per heavy atom. The molecule has 0 aromatic heterocycles. The summed E-state index contributed by atoms with van der Waals surface area (Å²) in [5.74, 6) is -0.0256. The summed E-state index contributed by atoms with van der Waals surface area (Å²) < 4.78 is 31.3. The van der Waals surface area contributed by atoms with Crippen LogP contribution < -0.4 is 0 Å². The van der Waals surface area contributed by atoms with E-state index in [1.165, 1.54) is 10.6 Å². The second-order valence-corrected chi connectivity index (χ2v) is 17.8. The summed E-state index contributed by atoms with van der Waals surface area (Å²) in [6.07, 6.45) is 3.91. The number of sulfonamides is 1. The maximum atomic E-state index is 12.8. The Labute approximate surface area is 129 Å². The zero-order valence-electron chi connectivity index (χ0n) is 13.5. The molecule has 0 aliphatic carbocycles. The highest BCUT2D eigenvalue weighted by molar-refractivity contribution is 7.88. The van der Waals surface area contributed by atoms with Crippen molar-refractivity contribution < 1.29 is 17.3 Å². The van der Waals surface area contributed by atoms with Crippen LogP contribution in [0.1, 0.15) is 12.8 Å². The minimum Gasteiger partial charge on any atom is -0.453 e. The van der Waals surface area contributed by atoms with E-state index in [0.717, 1.165) is 6.42 Å². The van der Waals surface area contributed by atoms with Crippen LogP contribution in [-0.2, 0) is 18.9 Å². The van der Waals surface area contributed by atoms with E-state index in [2.05, 4.69) is 26.2 Å². The lowest BCUT2D eigenvalue weighted by molar-refractivity contribution is -0.133. The fourth-order valence-corrected chi connectivity index (χ4v) is 13.8. The lowest BCUT2D eigenvalue weighted by Crippen LogP contribution is -2.66. The molecule has 0 saturated carbocycles. The molecule has 2 fully saturated rings. The summed E-state index contributed by atoms with van der Waals surface area (Å²) >= 11 is 0. The SMILES string of the molecule is C[Si]1(C)CN(C(=O)[C@@H]2CCCN2S(C)(=O)=O)C[Si](C)(C)O1. The quantitative estimate of drug-likeness (QED) is 0.690. The average molecular weight is 351 g/mol. The molecule has 0 unspecified atom stereocenters. The zero-order valence-corrected chi connectivity index (χ0v) is 16.4. The molecule has 0 spiro atoms. The molecule has 0 radical (unpaired) electrons. The third kappa shape index (κ3) is 3.95. The number of carbonyl (C=O) groups is 1. The van der Waals surface area contributed by atoms with Gasteiger partial charge in [0.1, 0.15) is 6.04 Å². The number of hydrogen-bond acceptors (Lipinski definition) is 4. The second kappa shape index (κ2) is 5.45. The summed E-state index contributed by atoms with van der Waals surface area (Å²) in [4.78, 5) is 14.7. The molecule has 1 amide bonds. The predicted octanol–water partition coefficient (Wildman–Crippen LogP) is 0.758. The van der Waals surface area contributed by atoms with Crippen LogP contribution in [0, 0.1) is 0 Å². The predicted molar refractivity (Wildman–Crippen MR) is 87.2 cm³/mol. The normalized spacial score (nSPS) is 29.6. The molecule has 6 nitrogen and oxygen atoms in total. The third-order valence-corrected chi connectivity index (χ3v) is 11.9. The number of rotatable bonds is 2. The molecule has 2 aliphatic heterocycles. The van der Waals surface area contributed by atoms with E-state index in [4.69, 9.17) is 4.12 Å². The molecule has 2 heterocycles. The number of carbonyl (C=O) groups excluding carboxylic acids is 1. The maximum Gasteiger partial charge on any atom is 0.240 e. The second-order valence-electron chi connectivity index (χ2n) is 7.35. The summed E-state index contributed by atoms with van der Waals surface area (Å²) in [7, 11) is -7.06. The van der Waals surface area contributed by atoms with E-state index in [9.17, 15) is 13.2 Å². The largest absolute Gasteiger partial charge is 0.453 e. The lowest BCUT2D eigenvalue weighted by Gasteiger charge is -2.46. The summed E-state index contributed by atoms with van der Waals surface area (Å²) in [5.41, 5.74) is 0. The van der Waals surface area contributed by atoms with E-state index < -0.39 is 32.7 Å². The Hall–Kier alpha value is -0.226. The fourth-order valence-electron chi connectivity index (χ4n) is 3.54. The highest BCUT2D eigenvalue weighted by Crippen LogP contribution is 2.27. The molecule has 0 bridgehead atoms. The molecular weight excluding hydrogens is 324 g/mol. The summed E-state index contributed by atoms with van der Waals surface area (Å²) in [5, 5.41) is 0. The first kappa shape index (κ1) is 17.1. The van der Waals surface area contributed by atoms with Gasteiger partial charge >= 0.3 is 0 Å². The highest BCUT2D eigenvalue weighted by Gasteiger charge is 2.46. The number of hydrogen-bond donors (Lipinski definition) is 0. The minimum atomic E-state index is -3.32. The molecule has 2 aliphatic rings. The Balaban J connectivity index is 2.19. The van der Waals surface area contributed by atoms with Gasteiger partial charge in [0, 0.05) is 18.9 Å². The van der Waals surface area contributed by atoms with Crippen molar-refractivity contribution in [3.8, 4) is 0 Å². The van der Waals surface area contributed by atoms with Crippen LogP contribution in [-0.4, -0.2) is 71.3 Å². The van der Waals surface area contributed by atoms with E-state index in [0.29, 0.717) is 25.3 Å². The maximum absolute atomic E-state index is 12.8. The molecule has 122 valence electrons. The third-order valence-electron chi connectivity index (χ3n) is 3.92. The molecule has 21 heavy (non-hydrogen) atoms. The van der Waals surface area contributed by atoms with Gasteiger partial charge in [-0.25, -0.2) is 8.42 Å². The first-order valence-corrected chi connectivity index (χ1v) is 15.5. The molecule has 0 aromatic rings. The Kier molecular flexibility index (Phi) is 4.44. The fraction of sp³-hybridized carbons (Fsp3) is 0.917. The van der Waals surface area contributed by atoms with Gasteiger partial charge in [-0.2, -0.15) is 4.31 Å².